The van der Waals surface area contributed by atoms with Crippen molar-refractivity contribution in [3.63, 3.8) is 0 Å². The van der Waals surface area contributed by atoms with Crippen LogP contribution in [0.25, 0.3) is 0 Å². The highest BCUT2D eigenvalue weighted by molar-refractivity contribution is 5.93. The molecule has 1 saturated carbocycles. The van der Waals surface area contributed by atoms with Crippen molar-refractivity contribution >= 4 is 17.3 Å². The lowest BCUT2D eigenvalue weighted by molar-refractivity contribution is -0.120. The summed E-state index contributed by atoms with van der Waals surface area (Å²) in [6.45, 7) is 1.36. The van der Waals surface area contributed by atoms with Gasteiger partial charge in [0.2, 0.25) is 5.91 Å². The number of carbonyl (C=O) groups is 1. The average molecular weight is 318 g/mol. The molecule has 0 radical (unpaired) electrons. The third-order valence-electron chi connectivity index (χ3n) is 5.32. The van der Waals surface area contributed by atoms with Gasteiger partial charge in [0.05, 0.1) is 0 Å². The van der Waals surface area contributed by atoms with Crippen molar-refractivity contribution in [3.05, 3.63) is 35.9 Å². The van der Waals surface area contributed by atoms with E-state index in [4.69, 9.17) is 0 Å². The van der Waals surface area contributed by atoms with Crippen molar-refractivity contribution in [2.24, 2.45) is 17.8 Å². The summed E-state index contributed by atoms with van der Waals surface area (Å²) in [5, 5.41) is 2.70. The predicted molar refractivity (Wildman–Crippen MR) is 85.3 cm³/mol. The quantitative estimate of drug-likeness (QED) is 0.862. The lowest BCUT2D eigenvalue weighted by atomic mass is 9.93. The first-order valence-corrected chi connectivity index (χ1v) is 8.35. The molecule has 1 amide bonds. The Labute approximate surface area is 134 Å². The van der Waals surface area contributed by atoms with Crippen LogP contribution in [0.2, 0.25) is 0 Å². The first-order valence-electron chi connectivity index (χ1n) is 8.35. The maximum absolute atomic E-state index is 14.3. The fraction of sp³-hybridized carbons (Fsp3) is 0.500. The van der Waals surface area contributed by atoms with E-state index in [-0.39, 0.29) is 29.1 Å². The number of amides is 1. The Balaban J connectivity index is 1.51. The second kappa shape index (κ2) is 5.62. The van der Waals surface area contributed by atoms with E-state index < -0.39 is 11.6 Å². The number of fused-ring (bicyclic) bond motifs is 2. The summed E-state index contributed by atoms with van der Waals surface area (Å²) in [6, 6.07) is 2.47. The summed E-state index contributed by atoms with van der Waals surface area (Å²) >= 11 is 0. The summed E-state index contributed by atoms with van der Waals surface area (Å²) < 4.78 is 28.6. The van der Waals surface area contributed by atoms with Gasteiger partial charge in [0.25, 0.3) is 0 Å². The van der Waals surface area contributed by atoms with E-state index >= 15 is 0 Å². The molecular formula is C18H20F2N2O. The maximum Gasteiger partial charge on any atom is 0.228 e. The second-order valence-corrected chi connectivity index (χ2v) is 6.86. The monoisotopic (exact) mass is 318 g/mol. The zero-order chi connectivity index (χ0) is 16.0. The molecular weight excluding hydrogens is 298 g/mol. The third kappa shape index (κ3) is 2.62. The van der Waals surface area contributed by atoms with Gasteiger partial charge in [-0.3, -0.25) is 4.79 Å². The molecule has 1 aromatic rings. The van der Waals surface area contributed by atoms with Gasteiger partial charge in [0.1, 0.15) is 5.69 Å². The SMILES string of the molecule is O=C(Nc1cc(F)c(N2CCCC2)c(F)c1)[C@H]1C[C@H]2C=C[C@H]1C2. The van der Waals surface area contributed by atoms with Crippen molar-refractivity contribution in [2.45, 2.75) is 25.7 Å². The molecule has 5 heteroatoms. The zero-order valence-electron chi connectivity index (χ0n) is 12.9. The minimum atomic E-state index is -0.602. The maximum atomic E-state index is 14.3. The van der Waals surface area contributed by atoms with Gasteiger partial charge >= 0.3 is 0 Å². The van der Waals surface area contributed by atoms with E-state index in [0.717, 1.165) is 25.7 Å². The highest BCUT2D eigenvalue weighted by atomic mass is 19.1. The fourth-order valence-corrected chi connectivity index (χ4v) is 4.20. The van der Waals surface area contributed by atoms with Crippen LogP contribution < -0.4 is 10.2 Å². The van der Waals surface area contributed by atoms with Gasteiger partial charge in [-0.1, -0.05) is 12.2 Å². The number of anilines is 2. The van der Waals surface area contributed by atoms with E-state index in [9.17, 15) is 13.6 Å². The van der Waals surface area contributed by atoms with Crippen LogP contribution in [0.3, 0.4) is 0 Å². The summed E-state index contributed by atoms with van der Waals surface area (Å²) in [5.74, 6) is -0.644. The molecule has 1 aromatic carbocycles. The van der Waals surface area contributed by atoms with Gasteiger partial charge in [0, 0.05) is 24.7 Å². The van der Waals surface area contributed by atoms with Crippen molar-refractivity contribution in [3.8, 4) is 0 Å². The first-order chi connectivity index (χ1) is 11.1. The van der Waals surface area contributed by atoms with Gasteiger partial charge < -0.3 is 10.2 Å². The molecule has 2 fully saturated rings. The molecule has 4 rings (SSSR count). The Morgan fingerprint density at radius 3 is 2.35 bits per heavy atom. The molecule has 3 aliphatic rings. The van der Waals surface area contributed by atoms with E-state index in [1.165, 1.54) is 12.1 Å². The summed E-state index contributed by atoms with van der Waals surface area (Å²) in [4.78, 5) is 14.1. The topological polar surface area (TPSA) is 32.3 Å². The first kappa shape index (κ1) is 14.7. The molecule has 3 atom stereocenters. The Kier molecular flexibility index (Phi) is 3.58. The molecule has 1 N–H and O–H groups in total. The molecule has 1 heterocycles. The summed E-state index contributed by atoms with van der Waals surface area (Å²) in [5.41, 5.74) is 0.239. The van der Waals surface area contributed by atoms with Crippen LogP contribution in [-0.4, -0.2) is 19.0 Å². The molecule has 122 valence electrons. The van der Waals surface area contributed by atoms with Crippen LogP contribution in [-0.2, 0) is 4.79 Å². The Morgan fingerprint density at radius 2 is 1.78 bits per heavy atom. The number of nitrogens with one attached hydrogen (secondary N) is 1. The van der Waals surface area contributed by atoms with Crippen LogP contribution in [0, 0.1) is 29.4 Å². The molecule has 0 spiro atoms. The molecule has 2 bridgehead atoms. The largest absolute Gasteiger partial charge is 0.367 e. The number of allylic oxidation sites excluding steroid dienone is 2. The van der Waals surface area contributed by atoms with Gasteiger partial charge in [-0.25, -0.2) is 8.78 Å². The normalized spacial score (nSPS) is 28.6. The van der Waals surface area contributed by atoms with Crippen LogP contribution in [0.5, 0.6) is 0 Å². The third-order valence-corrected chi connectivity index (χ3v) is 5.32. The molecule has 23 heavy (non-hydrogen) atoms. The van der Waals surface area contributed by atoms with Crippen LogP contribution in [0.4, 0.5) is 20.2 Å². The number of carbonyl (C=O) groups excluding carboxylic acids is 1. The average Bonchev–Trinajstić information content (AvgIpc) is 3.24. The standard InChI is InChI=1S/C18H20F2N2O/c19-15-9-13(10-16(20)17(15)22-5-1-2-6-22)21-18(23)14-8-11-3-4-12(14)7-11/h3-4,9-12,14H,1-2,5-8H2,(H,21,23)/t11-,12-,14-/m0/s1. The van der Waals surface area contributed by atoms with E-state index in [1.54, 1.807) is 4.90 Å². The molecule has 1 saturated heterocycles. The summed E-state index contributed by atoms with van der Waals surface area (Å²) in [7, 11) is 0. The van der Waals surface area contributed by atoms with Gasteiger partial charge in [-0.05, 0) is 49.7 Å². The second-order valence-electron chi connectivity index (χ2n) is 6.86. The van der Waals surface area contributed by atoms with E-state index in [0.29, 0.717) is 19.0 Å². The van der Waals surface area contributed by atoms with Crippen molar-refractivity contribution in [2.75, 3.05) is 23.3 Å². The number of rotatable bonds is 3. The van der Waals surface area contributed by atoms with Crippen LogP contribution in [0.1, 0.15) is 25.7 Å². The smallest absolute Gasteiger partial charge is 0.228 e. The number of nitrogens with zero attached hydrogens (tertiary/aromatic N) is 1. The van der Waals surface area contributed by atoms with Crippen molar-refractivity contribution < 1.29 is 13.6 Å². The van der Waals surface area contributed by atoms with Gasteiger partial charge in [0.15, 0.2) is 11.6 Å². The zero-order valence-corrected chi connectivity index (χ0v) is 12.9. The fourth-order valence-electron chi connectivity index (χ4n) is 4.20. The molecule has 2 aliphatic carbocycles. The minimum Gasteiger partial charge on any atom is -0.367 e. The molecule has 3 nitrogen and oxygen atoms in total. The van der Waals surface area contributed by atoms with E-state index in [1.807, 2.05) is 0 Å². The highest BCUT2D eigenvalue weighted by Crippen LogP contribution is 2.44. The number of halogens is 2. The molecule has 0 unspecified atom stereocenters. The van der Waals surface area contributed by atoms with Gasteiger partial charge in [-0.2, -0.15) is 0 Å². The van der Waals surface area contributed by atoms with E-state index in [2.05, 4.69) is 17.5 Å². The van der Waals surface area contributed by atoms with Crippen molar-refractivity contribution in [1.82, 2.24) is 0 Å². The van der Waals surface area contributed by atoms with Crippen molar-refractivity contribution in [1.29, 1.82) is 0 Å². The minimum absolute atomic E-state index is 0.0309. The Morgan fingerprint density at radius 1 is 1.09 bits per heavy atom. The number of benzene rings is 1. The number of hydrogen-bond donors (Lipinski definition) is 1. The van der Waals surface area contributed by atoms with Crippen LogP contribution >= 0.6 is 0 Å². The molecule has 1 aliphatic heterocycles. The lowest BCUT2D eigenvalue weighted by Crippen LogP contribution is -2.26. The highest BCUT2D eigenvalue weighted by Gasteiger charge is 2.39. The Bertz CT molecular complexity index is 644. The number of hydrogen-bond acceptors (Lipinski definition) is 2. The van der Waals surface area contributed by atoms with Crippen LogP contribution in [0.15, 0.2) is 24.3 Å². The van der Waals surface area contributed by atoms with Gasteiger partial charge in [-0.15, -0.1) is 0 Å². The Hall–Kier alpha value is -1.91. The predicted octanol–water partition coefficient (Wildman–Crippen LogP) is 3.72. The molecule has 0 aromatic heterocycles. The lowest BCUT2D eigenvalue weighted by Gasteiger charge is -2.21. The summed E-state index contributed by atoms with van der Waals surface area (Å²) in [6.07, 6.45) is 8.03.